The molecule has 128 valence electrons. The van der Waals surface area contributed by atoms with E-state index in [1.54, 1.807) is 35.6 Å². The first-order chi connectivity index (χ1) is 11.5. The number of hydrogen-bond acceptors (Lipinski definition) is 4. The van der Waals surface area contributed by atoms with Gasteiger partial charge in [0.15, 0.2) is 0 Å². The van der Waals surface area contributed by atoms with E-state index in [4.69, 9.17) is 5.11 Å². The predicted molar refractivity (Wildman–Crippen MR) is 89.8 cm³/mol. The van der Waals surface area contributed by atoms with E-state index in [0.717, 1.165) is 4.88 Å². The minimum atomic E-state index is -2.81. The number of carboxylic acids is 1. The number of hydrogen-bond donors (Lipinski definition) is 2. The number of thiophene rings is 1. The fourth-order valence-electron chi connectivity index (χ4n) is 1.96. The van der Waals surface area contributed by atoms with E-state index < -0.39 is 30.8 Å². The van der Waals surface area contributed by atoms with Crippen molar-refractivity contribution in [2.45, 2.75) is 29.5 Å². The Bertz CT molecular complexity index is 692. The number of rotatable bonds is 8. The molecule has 1 atom stereocenters. The van der Waals surface area contributed by atoms with Crippen LogP contribution < -0.4 is 5.32 Å². The topological polar surface area (TPSA) is 66.4 Å². The van der Waals surface area contributed by atoms with Crippen molar-refractivity contribution in [3.8, 4) is 0 Å². The third kappa shape index (κ3) is 5.31. The second kappa shape index (κ2) is 8.79. The van der Waals surface area contributed by atoms with Crippen molar-refractivity contribution in [3.05, 3.63) is 52.2 Å². The molecule has 0 bridgehead atoms. The highest BCUT2D eigenvalue weighted by Gasteiger charge is 2.25. The number of amides is 1. The molecule has 1 amide bonds. The summed E-state index contributed by atoms with van der Waals surface area (Å²) >= 11 is 3.03. The van der Waals surface area contributed by atoms with Crippen LogP contribution in [0, 0.1) is 0 Å². The lowest BCUT2D eigenvalue weighted by Crippen LogP contribution is -2.42. The van der Waals surface area contributed by atoms with Crippen LogP contribution in [0.3, 0.4) is 0 Å². The van der Waals surface area contributed by atoms with Gasteiger partial charge in [0.25, 0.3) is 5.91 Å². The molecule has 1 aromatic carbocycles. The van der Waals surface area contributed by atoms with E-state index in [-0.39, 0.29) is 5.56 Å². The molecule has 0 aliphatic rings. The molecular formula is C16H15F2NO3S2. The van der Waals surface area contributed by atoms with Crippen molar-refractivity contribution >= 4 is 35.0 Å². The first kappa shape index (κ1) is 18.4. The molecule has 0 spiro atoms. The molecule has 2 rings (SSSR count). The van der Waals surface area contributed by atoms with E-state index in [9.17, 15) is 18.4 Å². The van der Waals surface area contributed by atoms with Crippen LogP contribution in [0.5, 0.6) is 0 Å². The Balaban J connectivity index is 2.09. The predicted octanol–water partition coefficient (Wildman–Crippen LogP) is 3.88. The highest BCUT2D eigenvalue weighted by atomic mass is 32.2. The van der Waals surface area contributed by atoms with Crippen molar-refractivity contribution < 1.29 is 23.5 Å². The smallest absolute Gasteiger partial charge is 0.326 e. The number of aliphatic carboxylic acids is 1. The van der Waals surface area contributed by atoms with Gasteiger partial charge in [-0.05, 0) is 23.6 Å². The van der Waals surface area contributed by atoms with Crippen molar-refractivity contribution in [1.29, 1.82) is 0 Å². The Morgan fingerprint density at radius 3 is 2.58 bits per heavy atom. The lowest BCUT2D eigenvalue weighted by molar-refractivity contribution is -0.140. The van der Waals surface area contributed by atoms with Crippen LogP contribution in [0.25, 0.3) is 0 Å². The number of nitrogens with one attached hydrogen (secondary N) is 1. The lowest BCUT2D eigenvalue weighted by atomic mass is 10.1. The summed E-state index contributed by atoms with van der Waals surface area (Å²) in [5, 5.41) is 13.1. The van der Waals surface area contributed by atoms with Crippen LogP contribution in [-0.4, -0.2) is 29.5 Å². The fourth-order valence-corrected chi connectivity index (χ4v) is 3.78. The van der Waals surface area contributed by atoms with Gasteiger partial charge in [-0.25, -0.2) is 13.6 Å². The van der Waals surface area contributed by atoms with Crippen molar-refractivity contribution in [3.63, 3.8) is 0 Å². The monoisotopic (exact) mass is 371 g/mol. The summed E-state index contributed by atoms with van der Waals surface area (Å²) in [6.07, 6.45) is -3.74. The van der Waals surface area contributed by atoms with Crippen LogP contribution in [0.2, 0.25) is 0 Å². The van der Waals surface area contributed by atoms with E-state index in [1.807, 2.05) is 17.5 Å². The summed E-state index contributed by atoms with van der Waals surface area (Å²) in [7, 11) is 0. The minimum absolute atomic E-state index is 0.277. The minimum Gasteiger partial charge on any atom is -0.480 e. The highest BCUT2D eigenvalue weighted by Crippen LogP contribution is 2.28. The first-order valence-corrected chi connectivity index (χ1v) is 8.90. The Kier molecular flexibility index (Phi) is 6.74. The molecule has 4 nitrogen and oxygen atoms in total. The maximum absolute atomic E-state index is 12.4. The Morgan fingerprint density at radius 2 is 1.96 bits per heavy atom. The average Bonchev–Trinajstić information content (AvgIpc) is 3.05. The van der Waals surface area contributed by atoms with Gasteiger partial charge < -0.3 is 10.4 Å². The van der Waals surface area contributed by atoms with Crippen molar-refractivity contribution in [2.24, 2.45) is 0 Å². The van der Waals surface area contributed by atoms with Gasteiger partial charge in [-0.15, -0.1) is 23.1 Å². The molecule has 0 aliphatic heterocycles. The van der Waals surface area contributed by atoms with E-state index in [2.05, 4.69) is 5.32 Å². The van der Waals surface area contributed by atoms with Crippen LogP contribution in [-0.2, 0) is 10.5 Å². The zero-order chi connectivity index (χ0) is 17.5. The van der Waals surface area contributed by atoms with Crippen molar-refractivity contribution in [1.82, 2.24) is 5.32 Å². The van der Waals surface area contributed by atoms with E-state index >= 15 is 0 Å². The first-order valence-electron chi connectivity index (χ1n) is 7.03. The van der Waals surface area contributed by atoms with Gasteiger partial charge in [-0.2, -0.15) is 0 Å². The molecule has 0 radical (unpaired) electrons. The number of thioether (sulfide) groups is 1. The standard InChI is InChI=1S/C16H15F2NO3S2/c17-14(18)8-12(16(21)22)19-15(20)11-5-1-2-6-13(11)24-9-10-4-3-7-23-10/h1-7,12,14H,8-9H2,(H,19,20)(H,21,22). The molecule has 1 unspecified atom stereocenters. The molecule has 2 aromatic rings. The Hall–Kier alpha value is -1.93. The molecular weight excluding hydrogens is 356 g/mol. The second-order valence-electron chi connectivity index (χ2n) is 4.86. The summed E-state index contributed by atoms with van der Waals surface area (Å²) in [4.78, 5) is 25.1. The van der Waals surface area contributed by atoms with Gasteiger partial charge in [-0.3, -0.25) is 4.79 Å². The van der Waals surface area contributed by atoms with Crippen LogP contribution in [0.4, 0.5) is 8.78 Å². The van der Waals surface area contributed by atoms with Crippen LogP contribution in [0.1, 0.15) is 21.7 Å². The number of carbonyl (C=O) groups excluding carboxylic acids is 1. The largest absolute Gasteiger partial charge is 0.480 e. The summed E-state index contributed by atoms with van der Waals surface area (Å²) in [6, 6.07) is 9.00. The summed E-state index contributed by atoms with van der Waals surface area (Å²) in [6.45, 7) is 0. The molecule has 1 heterocycles. The van der Waals surface area contributed by atoms with E-state index in [1.165, 1.54) is 11.8 Å². The number of alkyl halides is 2. The van der Waals surface area contributed by atoms with Gasteiger partial charge in [0.2, 0.25) is 6.43 Å². The number of carboxylic acid groups (broad SMARTS) is 1. The molecule has 2 N–H and O–H groups in total. The van der Waals surface area contributed by atoms with Gasteiger partial charge in [0.05, 0.1) is 5.56 Å². The molecule has 0 aliphatic carbocycles. The summed E-state index contributed by atoms with van der Waals surface area (Å²) < 4.78 is 24.9. The molecule has 1 aromatic heterocycles. The van der Waals surface area contributed by atoms with Gasteiger partial charge in [-0.1, -0.05) is 18.2 Å². The molecule has 0 saturated carbocycles. The summed E-state index contributed by atoms with van der Waals surface area (Å²) in [5.74, 6) is -1.48. The SMILES string of the molecule is O=C(NC(CC(F)F)C(=O)O)c1ccccc1SCc1cccs1. The lowest BCUT2D eigenvalue weighted by Gasteiger charge is -2.15. The third-order valence-corrected chi connectivity index (χ3v) is 5.28. The third-order valence-electron chi connectivity index (χ3n) is 3.10. The Morgan fingerprint density at radius 1 is 1.21 bits per heavy atom. The van der Waals surface area contributed by atoms with Crippen LogP contribution >= 0.6 is 23.1 Å². The van der Waals surface area contributed by atoms with E-state index in [0.29, 0.717) is 10.6 Å². The number of carbonyl (C=O) groups is 2. The molecule has 24 heavy (non-hydrogen) atoms. The van der Waals surface area contributed by atoms with Gasteiger partial charge in [0.1, 0.15) is 6.04 Å². The molecule has 0 saturated heterocycles. The Labute approximate surface area is 145 Å². The average molecular weight is 371 g/mol. The second-order valence-corrected chi connectivity index (χ2v) is 6.90. The highest BCUT2D eigenvalue weighted by molar-refractivity contribution is 7.98. The van der Waals surface area contributed by atoms with Gasteiger partial charge in [0, 0.05) is 21.9 Å². The maximum atomic E-state index is 12.4. The zero-order valence-electron chi connectivity index (χ0n) is 12.4. The normalized spacial score (nSPS) is 12.1. The van der Waals surface area contributed by atoms with Crippen molar-refractivity contribution in [2.75, 3.05) is 0 Å². The summed E-state index contributed by atoms with van der Waals surface area (Å²) in [5.41, 5.74) is 0.277. The molecule has 8 heteroatoms. The van der Waals surface area contributed by atoms with Crippen LogP contribution in [0.15, 0.2) is 46.7 Å². The number of halogens is 2. The zero-order valence-corrected chi connectivity index (χ0v) is 14.1. The molecule has 0 fully saturated rings. The quantitative estimate of drug-likeness (QED) is 0.691. The van der Waals surface area contributed by atoms with Gasteiger partial charge >= 0.3 is 5.97 Å². The number of benzene rings is 1. The maximum Gasteiger partial charge on any atom is 0.326 e. The fraction of sp³-hybridized carbons (Fsp3) is 0.250.